The van der Waals surface area contributed by atoms with Gasteiger partial charge in [0.1, 0.15) is 5.82 Å². The summed E-state index contributed by atoms with van der Waals surface area (Å²) in [6.07, 6.45) is 6.32. The molecule has 0 atom stereocenters. The van der Waals surface area contributed by atoms with E-state index >= 15 is 0 Å². The van der Waals surface area contributed by atoms with Crippen LogP contribution in [-0.4, -0.2) is 38.5 Å². The van der Waals surface area contributed by atoms with Crippen molar-refractivity contribution in [2.75, 3.05) is 13.2 Å². The van der Waals surface area contributed by atoms with Gasteiger partial charge in [-0.25, -0.2) is 14.2 Å². The molecule has 1 saturated carbocycles. The van der Waals surface area contributed by atoms with Crippen molar-refractivity contribution in [3.8, 4) is 17.1 Å². The molecular formula is C25H29FN4O3. The maximum atomic E-state index is 14.3. The number of pyridine rings is 1. The van der Waals surface area contributed by atoms with Gasteiger partial charge in [0.25, 0.3) is 0 Å². The van der Waals surface area contributed by atoms with E-state index in [9.17, 15) is 14.3 Å². The van der Waals surface area contributed by atoms with E-state index in [4.69, 9.17) is 4.74 Å². The molecule has 2 N–H and O–H groups in total. The fourth-order valence-corrected chi connectivity index (χ4v) is 4.48. The Bertz CT molecular complexity index is 1160. The molecule has 1 aliphatic carbocycles. The van der Waals surface area contributed by atoms with Gasteiger partial charge in [0.05, 0.1) is 24.1 Å². The van der Waals surface area contributed by atoms with Crippen molar-refractivity contribution in [3.05, 3.63) is 70.2 Å². The molecule has 1 aromatic carbocycles. The van der Waals surface area contributed by atoms with Crippen molar-refractivity contribution < 1.29 is 14.2 Å². The number of imidazole rings is 1. The predicted octanol–water partition coefficient (Wildman–Crippen LogP) is 3.60. The number of hydrogen-bond donors (Lipinski definition) is 2. The summed E-state index contributed by atoms with van der Waals surface area (Å²) in [6, 6.07) is 11.3. The van der Waals surface area contributed by atoms with Crippen LogP contribution in [0.3, 0.4) is 0 Å². The van der Waals surface area contributed by atoms with Gasteiger partial charge in [0, 0.05) is 37.4 Å². The molecule has 2 aromatic heterocycles. The highest BCUT2D eigenvalue weighted by atomic mass is 19.1. The topological polar surface area (TPSA) is 81.3 Å². The number of nitrogens with one attached hydrogen (secondary N) is 1. The summed E-state index contributed by atoms with van der Waals surface area (Å²) in [4.78, 5) is 17.2. The van der Waals surface area contributed by atoms with Gasteiger partial charge in [-0.15, -0.1) is 0 Å². The third-order valence-electron chi connectivity index (χ3n) is 6.71. The molecule has 7 nitrogen and oxygen atoms in total. The van der Waals surface area contributed by atoms with Crippen LogP contribution in [0.25, 0.3) is 11.3 Å². The molecule has 8 heteroatoms. The minimum atomic E-state index is -0.315. The van der Waals surface area contributed by atoms with Crippen LogP contribution in [0.4, 0.5) is 4.39 Å². The van der Waals surface area contributed by atoms with E-state index < -0.39 is 0 Å². The molecule has 1 aliphatic heterocycles. The average molecular weight is 453 g/mol. The van der Waals surface area contributed by atoms with Crippen molar-refractivity contribution in [2.45, 2.75) is 57.3 Å². The number of benzene rings is 1. The summed E-state index contributed by atoms with van der Waals surface area (Å²) in [5.74, 6) is -0.288. The molecule has 2 fully saturated rings. The first kappa shape index (κ1) is 21.9. The Morgan fingerprint density at radius 1 is 1.09 bits per heavy atom. The van der Waals surface area contributed by atoms with Gasteiger partial charge >= 0.3 is 5.69 Å². The zero-order valence-corrected chi connectivity index (χ0v) is 18.5. The monoisotopic (exact) mass is 452 g/mol. The fourth-order valence-electron chi connectivity index (χ4n) is 4.48. The Balaban J connectivity index is 1.28. The van der Waals surface area contributed by atoms with Crippen LogP contribution in [-0.2, 0) is 17.8 Å². The van der Waals surface area contributed by atoms with Gasteiger partial charge in [-0.1, -0.05) is 24.3 Å². The number of ether oxygens (including phenoxy) is 1. The largest absolute Gasteiger partial charge is 0.493 e. The minimum Gasteiger partial charge on any atom is -0.493 e. The summed E-state index contributed by atoms with van der Waals surface area (Å²) >= 11 is 0. The van der Waals surface area contributed by atoms with Gasteiger partial charge < -0.3 is 15.2 Å². The van der Waals surface area contributed by atoms with Crippen LogP contribution in [0.5, 0.6) is 5.88 Å². The average Bonchev–Trinajstić information content (AvgIpc) is 3.06. The van der Waals surface area contributed by atoms with Gasteiger partial charge in [-0.3, -0.25) is 9.13 Å². The van der Waals surface area contributed by atoms with E-state index in [2.05, 4.69) is 10.3 Å². The molecule has 33 heavy (non-hydrogen) atoms. The van der Waals surface area contributed by atoms with Gasteiger partial charge in [0.2, 0.25) is 5.88 Å². The maximum Gasteiger partial charge on any atom is 0.331 e. The zero-order chi connectivity index (χ0) is 22.8. The fraction of sp³-hybridized carbons (Fsp3) is 0.440. The third kappa shape index (κ3) is 4.72. The number of rotatable bonds is 7. The summed E-state index contributed by atoms with van der Waals surface area (Å²) in [5.41, 5.74) is 2.76. The Hall–Kier alpha value is -2.97. The second-order valence-corrected chi connectivity index (χ2v) is 8.94. The zero-order valence-electron chi connectivity index (χ0n) is 18.5. The number of hydrogen-bond acceptors (Lipinski definition) is 5. The molecule has 2 aliphatic rings. The summed E-state index contributed by atoms with van der Waals surface area (Å²) in [7, 11) is 0. The molecule has 0 spiro atoms. The normalized spacial score (nSPS) is 17.2. The summed E-state index contributed by atoms with van der Waals surface area (Å²) in [6.45, 7) is 2.23. The summed E-state index contributed by atoms with van der Waals surface area (Å²) in [5, 5.41) is 13.6. The highest BCUT2D eigenvalue weighted by molar-refractivity contribution is 5.59. The third-order valence-corrected chi connectivity index (χ3v) is 6.71. The van der Waals surface area contributed by atoms with Crippen molar-refractivity contribution in [1.82, 2.24) is 19.4 Å². The van der Waals surface area contributed by atoms with E-state index in [-0.39, 0.29) is 23.4 Å². The Kier molecular flexibility index (Phi) is 6.28. The molecule has 0 radical (unpaired) electrons. The van der Waals surface area contributed by atoms with E-state index in [0.29, 0.717) is 30.5 Å². The number of aromatic hydroxyl groups is 1. The maximum absolute atomic E-state index is 14.3. The quantitative estimate of drug-likeness (QED) is 0.573. The predicted molar refractivity (Wildman–Crippen MR) is 123 cm³/mol. The van der Waals surface area contributed by atoms with Crippen LogP contribution in [0.2, 0.25) is 0 Å². The van der Waals surface area contributed by atoms with Crippen LogP contribution in [0.1, 0.15) is 49.4 Å². The first-order valence-corrected chi connectivity index (χ1v) is 11.6. The molecular weight excluding hydrogens is 423 g/mol. The molecule has 0 amide bonds. The van der Waals surface area contributed by atoms with Crippen molar-refractivity contribution in [2.24, 2.45) is 0 Å². The van der Waals surface area contributed by atoms with E-state index in [1.165, 1.54) is 16.8 Å². The number of halogens is 1. The Morgan fingerprint density at radius 2 is 1.85 bits per heavy atom. The number of aromatic nitrogens is 3. The molecule has 3 aromatic rings. The highest BCUT2D eigenvalue weighted by Gasteiger charge is 2.25. The smallest absolute Gasteiger partial charge is 0.331 e. The first-order chi connectivity index (χ1) is 16.1. The van der Waals surface area contributed by atoms with E-state index in [0.717, 1.165) is 56.4 Å². The SMILES string of the molecule is O=c1n(Cc2ccc(-c3ccc(F)c(CNC4CCOCC4)n3)cc2)cc(O)n1C1CCC1. The summed E-state index contributed by atoms with van der Waals surface area (Å²) < 4.78 is 22.7. The lowest BCUT2D eigenvalue weighted by Crippen LogP contribution is -2.34. The van der Waals surface area contributed by atoms with Crippen molar-refractivity contribution in [3.63, 3.8) is 0 Å². The standard InChI is InChI=1S/C25H29FN4O3/c26-21-8-9-22(28-23(21)14-27-19-10-12-33-13-11-19)18-6-4-17(5-7-18)15-29-16-24(31)30(25(29)32)20-2-1-3-20/h4-9,16,19-20,27,31H,1-3,10-15H2. The lowest BCUT2D eigenvalue weighted by atomic mass is 9.93. The van der Waals surface area contributed by atoms with Crippen molar-refractivity contribution in [1.29, 1.82) is 0 Å². The molecule has 0 unspecified atom stereocenters. The second kappa shape index (κ2) is 9.49. The Labute approximate surface area is 191 Å². The lowest BCUT2D eigenvalue weighted by Gasteiger charge is -2.26. The molecule has 1 saturated heterocycles. The number of nitrogens with zero attached hydrogens (tertiary/aromatic N) is 3. The molecule has 5 rings (SSSR count). The van der Waals surface area contributed by atoms with Crippen LogP contribution < -0.4 is 11.0 Å². The molecule has 174 valence electrons. The lowest BCUT2D eigenvalue weighted by molar-refractivity contribution is 0.0774. The minimum absolute atomic E-state index is 0.0266. The van der Waals surface area contributed by atoms with Gasteiger partial charge in [0.15, 0.2) is 0 Å². The van der Waals surface area contributed by atoms with Gasteiger partial charge in [-0.2, -0.15) is 0 Å². The molecule has 3 heterocycles. The second-order valence-electron chi connectivity index (χ2n) is 8.94. The Morgan fingerprint density at radius 3 is 2.55 bits per heavy atom. The highest BCUT2D eigenvalue weighted by Crippen LogP contribution is 2.33. The van der Waals surface area contributed by atoms with Crippen LogP contribution in [0.15, 0.2) is 47.4 Å². The van der Waals surface area contributed by atoms with Gasteiger partial charge in [-0.05, 0) is 49.8 Å². The van der Waals surface area contributed by atoms with E-state index in [1.54, 1.807) is 10.6 Å². The van der Waals surface area contributed by atoms with E-state index in [1.807, 2.05) is 24.3 Å². The molecule has 0 bridgehead atoms. The van der Waals surface area contributed by atoms with Crippen LogP contribution in [0, 0.1) is 5.82 Å². The van der Waals surface area contributed by atoms with Crippen LogP contribution >= 0.6 is 0 Å². The van der Waals surface area contributed by atoms with Crippen molar-refractivity contribution >= 4 is 0 Å². The first-order valence-electron chi connectivity index (χ1n) is 11.6.